The van der Waals surface area contributed by atoms with Crippen LogP contribution in [0.1, 0.15) is 5.56 Å². The summed E-state index contributed by atoms with van der Waals surface area (Å²) >= 11 is 9.86. The molecule has 0 spiro atoms. The predicted molar refractivity (Wildman–Crippen MR) is 93.3 cm³/mol. The molecule has 0 amide bonds. The molecule has 0 aliphatic rings. The summed E-state index contributed by atoms with van der Waals surface area (Å²) in [7, 11) is 6.25. The maximum absolute atomic E-state index is 6.47. The van der Waals surface area contributed by atoms with Crippen LogP contribution in [0.4, 0.5) is 0 Å². The lowest BCUT2D eigenvalue weighted by Gasteiger charge is -2.19. The van der Waals surface area contributed by atoms with Crippen LogP contribution >= 0.6 is 27.5 Å². The monoisotopic (exact) mass is 401 g/mol. The number of aromatic nitrogens is 1. The van der Waals surface area contributed by atoms with Gasteiger partial charge in [-0.25, -0.2) is 4.98 Å². The third-order valence-corrected chi connectivity index (χ3v) is 4.70. The van der Waals surface area contributed by atoms with E-state index in [1.165, 1.54) is 0 Å². The number of ether oxygens (including phenoxy) is 4. The van der Waals surface area contributed by atoms with Crippen LogP contribution in [0.5, 0.6) is 23.1 Å². The number of hydrogen-bond donors (Lipinski definition) is 0. The maximum atomic E-state index is 6.47. The van der Waals surface area contributed by atoms with Crippen molar-refractivity contribution in [3.8, 4) is 34.3 Å². The van der Waals surface area contributed by atoms with Crippen molar-refractivity contribution in [1.82, 2.24) is 4.98 Å². The first kappa shape index (κ1) is 17.7. The SMILES string of the molecule is COc1cc(-c2c(OC)ncc(Br)c2Cl)c(C)c(OC)c1OC. The van der Waals surface area contributed by atoms with Gasteiger partial charge in [-0.3, -0.25) is 0 Å². The summed E-state index contributed by atoms with van der Waals surface area (Å²) < 4.78 is 22.3. The summed E-state index contributed by atoms with van der Waals surface area (Å²) in [4.78, 5) is 4.26. The molecule has 5 nitrogen and oxygen atoms in total. The summed E-state index contributed by atoms with van der Waals surface area (Å²) in [6, 6.07) is 1.83. The average Bonchev–Trinajstić information content (AvgIpc) is 2.57. The van der Waals surface area contributed by atoms with Gasteiger partial charge in [-0.1, -0.05) is 11.6 Å². The molecule has 1 heterocycles. The smallest absolute Gasteiger partial charge is 0.222 e. The Hall–Kier alpha value is -1.66. The Morgan fingerprint density at radius 2 is 1.65 bits per heavy atom. The molecule has 0 saturated heterocycles. The lowest BCUT2D eigenvalue weighted by atomic mass is 9.99. The van der Waals surface area contributed by atoms with Gasteiger partial charge in [0.15, 0.2) is 11.5 Å². The largest absolute Gasteiger partial charge is 0.493 e. The standard InChI is InChI=1S/C16H17BrClNO4/c1-8-9(6-11(20-2)15(22-4)14(8)21-3)12-13(18)10(17)7-19-16(12)23-5/h6-7H,1-5H3. The highest BCUT2D eigenvalue weighted by Crippen LogP contribution is 2.48. The molecule has 0 N–H and O–H groups in total. The van der Waals surface area contributed by atoms with Gasteiger partial charge in [-0.05, 0) is 34.5 Å². The van der Waals surface area contributed by atoms with Crippen molar-refractivity contribution in [2.24, 2.45) is 0 Å². The van der Waals surface area contributed by atoms with Crippen LogP contribution in [0.25, 0.3) is 11.1 Å². The van der Waals surface area contributed by atoms with Crippen molar-refractivity contribution < 1.29 is 18.9 Å². The van der Waals surface area contributed by atoms with Gasteiger partial charge in [0.25, 0.3) is 0 Å². The Labute approximate surface area is 148 Å². The highest BCUT2D eigenvalue weighted by Gasteiger charge is 2.23. The summed E-state index contributed by atoms with van der Waals surface area (Å²) in [5.41, 5.74) is 2.28. The van der Waals surface area contributed by atoms with E-state index in [1.54, 1.807) is 34.6 Å². The van der Waals surface area contributed by atoms with E-state index in [1.807, 2.05) is 13.0 Å². The van der Waals surface area contributed by atoms with Crippen molar-refractivity contribution in [1.29, 1.82) is 0 Å². The Kier molecular flexibility index (Phi) is 5.59. The summed E-state index contributed by atoms with van der Waals surface area (Å²) in [6.07, 6.45) is 1.60. The third-order valence-electron chi connectivity index (χ3n) is 3.48. The summed E-state index contributed by atoms with van der Waals surface area (Å²) in [5.74, 6) is 2.04. The van der Waals surface area contributed by atoms with Crippen molar-refractivity contribution in [2.45, 2.75) is 6.92 Å². The van der Waals surface area contributed by atoms with Gasteiger partial charge in [0.05, 0.1) is 43.5 Å². The van der Waals surface area contributed by atoms with E-state index in [-0.39, 0.29) is 0 Å². The zero-order valence-corrected chi connectivity index (χ0v) is 15.8. The fourth-order valence-corrected chi connectivity index (χ4v) is 2.93. The maximum Gasteiger partial charge on any atom is 0.222 e. The van der Waals surface area contributed by atoms with Gasteiger partial charge in [-0.15, -0.1) is 0 Å². The molecular weight excluding hydrogens is 386 g/mol. The topological polar surface area (TPSA) is 49.8 Å². The molecule has 0 saturated carbocycles. The van der Waals surface area contributed by atoms with Gasteiger partial charge in [0.2, 0.25) is 11.6 Å². The minimum Gasteiger partial charge on any atom is -0.493 e. The Morgan fingerprint density at radius 1 is 1.00 bits per heavy atom. The number of benzene rings is 1. The van der Waals surface area contributed by atoms with Crippen molar-refractivity contribution in [3.63, 3.8) is 0 Å². The number of hydrogen-bond acceptors (Lipinski definition) is 5. The van der Waals surface area contributed by atoms with Crippen LogP contribution in [-0.4, -0.2) is 33.4 Å². The summed E-state index contributed by atoms with van der Waals surface area (Å²) in [5, 5.41) is 0.495. The second kappa shape index (κ2) is 7.27. The molecular formula is C16H17BrClNO4. The van der Waals surface area contributed by atoms with Gasteiger partial charge in [-0.2, -0.15) is 0 Å². The van der Waals surface area contributed by atoms with Crippen LogP contribution in [-0.2, 0) is 0 Å². The molecule has 0 radical (unpaired) electrons. The Morgan fingerprint density at radius 3 is 2.17 bits per heavy atom. The molecule has 0 unspecified atom stereocenters. The normalized spacial score (nSPS) is 10.4. The first-order chi connectivity index (χ1) is 11.0. The predicted octanol–water partition coefficient (Wildman–Crippen LogP) is 4.51. The van der Waals surface area contributed by atoms with E-state index in [9.17, 15) is 0 Å². The van der Waals surface area contributed by atoms with E-state index in [2.05, 4.69) is 20.9 Å². The number of rotatable bonds is 5. The van der Waals surface area contributed by atoms with E-state index in [0.29, 0.717) is 38.2 Å². The number of halogens is 2. The van der Waals surface area contributed by atoms with Crippen molar-refractivity contribution in [2.75, 3.05) is 28.4 Å². The molecule has 0 atom stereocenters. The highest BCUT2D eigenvalue weighted by atomic mass is 79.9. The Balaban J connectivity index is 2.87. The molecule has 2 aromatic rings. The first-order valence-electron chi connectivity index (χ1n) is 6.68. The first-order valence-corrected chi connectivity index (χ1v) is 7.85. The molecule has 7 heteroatoms. The van der Waals surface area contributed by atoms with E-state index >= 15 is 0 Å². The van der Waals surface area contributed by atoms with Crippen molar-refractivity contribution in [3.05, 3.63) is 27.3 Å². The molecule has 0 aliphatic heterocycles. The number of methoxy groups -OCH3 is 4. The molecule has 23 heavy (non-hydrogen) atoms. The third kappa shape index (κ3) is 3.05. The lowest BCUT2D eigenvalue weighted by molar-refractivity contribution is 0.323. The molecule has 0 fully saturated rings. The van der Waals surface area contributed by atoms with E-state index in [4.69, 9.17) is 30.5 Å². The molecule has 0 aliphatic carbocycles. The van der Waals surface area contributed by atoms with Gasteiger partial charge in [0.1, 0.15) is 0 Å². The second-order valence-corrected chi connectivity index (χ2v) is 5.85. The van der Waals surface area contributed by atoms with Crippen LogP contribution in [0.3, 0.4) is 0 Å². The zero-order valence-electron chi connectivity index (χ0n) is 13.5. The lowest BCUT2D eigenvalue weighted by Crippen LogP contribution is -2.01. The van der Waals surface area contributed by atoms with Gasteiger partial charge >= 0.3 is 0 Å². The van der Waals surface area contributed by atoms with Gasteiger partial charge < -0.3 is 18.9 Å². The van der Waals surface area contributed by atoms with E-state index < -0.39 is 0 Å². The van der Waals surface area contributed by atoms with E-state index in [0.717, 1.165) is 11.1 Å². The van der Waals surface area contributed by atoms with Crippen LogP contribution in [0, 0.1) is 6.92 Å². The van der Waals surface area contributed by atoms with Gasteiger partial charge in [0, 0.05) is 11.8 Å². The minimum absolute atomic E-state index is 0.413. The molecule has 1 aromatic carbocycles. The average molecular weight is 403 g/mol. The Bertz CT molecular complexity index is 737. The quantitative estimate of drug-likeness (QED) is 0.736. The molecule has 124 valence electrons. The van der Waals surface area contributed by atoms with Crippen molar-refractivity contribution >= 4 is 27.5 Å². The molecule has 1 aromatic heterocycles. The molecule has 2 rings (SSSR count). The summed E-state index contributed by atoms with van der Waals surface area (Å²) in [6.45, 7) is 1.91. The van der Waals surface area contributed by atoms with Crippen LogP contribution < -0.4 is 18.9 Å². The number of pyridine rings is 1. The second-order valence-electron chi connectivity index (χ2n) is 4.62. The highest BCUT2D eigenvalue weighted by molar-refractivity contribution is 9.10. The zero-order chi connectivity index (χ0) is 17.1. The van der Waals surface area contributed by atoms with Crippen LogP contribution in [0.2, 0.25) is 5.02 Å². The molecule has 0 bridgehead atoms. The fraction of sp³-hybridized carbons (Fsp3) is 0.312. The number of nitrogens with zero attached hydrogens (tertiary/aromatic N) is 1. The minimum atomic E-state index is 0.413. The van der Waals surface area contributed by atoms with Crippen LogP contribution in [0.15, 0.2) is 16.7 Å². The fourth-order valence-electron chi connectivity index (χ4n) is 2.40.